The van der Waals surface area contributed by atoms with Gasteiger partial charge in [-0.1, -0.05) is 19.8 Å². The van der Waals surface area contributed by atoms with E-state index in [9.17, 15) is 13.5 Å². The molecule has 0 aromatic heterocycles. The third-order valence-electron chi connectivity index (χ3n) is 3.79. The topological polar surface area (TPSA) is 54.4 Å². The van der Waals surface area contributed by atoms with Crippen LogP contribution in [0.1, 0.15) is 46.0 Å². The predicted molar refractivity (Wildman–Crippen MR) is 66.1 cm³/mol. The van der Waals surface area contributed by atoms with Gasteiger partial charge in [-0.2, -0.15) is 0 Å². The Balaban J connectivity index is 2.57. The van der Waals surface area contributed by atoms with E-state index in [4.69, 9.17) is 0 Å². The van der Waals surface area contributed by atoms with Crippen molar-refractivity contribution in [2.24, 2.45) is 11.8 Å². The number of aliphatic hydroxyl groups excluding tert-OH is 1. The Labute approximate surface area is 99.2 Å². The Morgan fingerprint density at radius 1 is 1.31 bits per heavy atom. The van der Waals surface area contributed by atoms with Gasteiger partial charge in [-0.15, -0.1) is 0 Å². The smallest absolute Gasteiger partial charge is 0.150 e. The van der Waals surface area contributed by atoms with Crippen LogP contribution >= 0.6 is 0 Å². The first-order chi connectivity index (χ1) is 7.30. The Morgan fingerprint density at radius 2 is 1.94 bits per heavy atom. The van der Waals surface area contributed by atoms with Crippen molar-refractivity contribution in [1.82, 2.24) is 0 Å². The molecule has 4 atom stereocenters. The van der Waals surface area contributed by atoms with E-state index in [0.29, 0.717) is 11.8 Å². The highest BCUT2D eigenvalue weighted by Crippen LogP contribution is 2.34. The normalized spacial score (nSPS) is 31.0. The minimum atomic E-state index is -2.88. The van der Waals surface area contributed by atoms with Crippen LogP contribution in [0.3, 0.4) is 0 Å². The second-order valence-electron chi connectivity index (χ2n) is 5.44. The Kier molecular flexibility index (Phi) is 4.80. The SMILES string of the molecule is CC(O)CC(C)C1CCCC(S(C)(=O)=O)C1. The van der Waals surface area contributed by atoms with E-state index < -0.39 is 9.84 Å². The molecule has 1 aliphatic rings. The summed E-state index contributed by atoms with van der Waals surface area (Å²) in [6.45, 7) is 3.93. The molecule has 0 aromatic rings. The number of sulfone groups is 1. The largest absolute Gasteiger partial charge is 0.393 e. The van der Waals surface area contributed by atoms with Gasteiger partial charge in [0.15, 0.2) is 0 Å². The molecular formula is C12H24O3S. The summed E-state index contributed by atoms with van der Waals surface area (Å²) in [5.41, 5.74) is 0. The van der Waals surface area contributed by atoms with Crippen molar-refractivity contribution in [2.75, 3.05) is 6.26 Å². The fraction of sp³-hybridized carbons (Fsp3) is 1.00. The van der Waals surface area contributed by atoms with Crippen LogP contribution in [0.25, 0.3) is 0 Å². The standard InChI is InChI=1S/C12H24O3S/c1-9(7-10(2)13)11-5-4-6-12(8-11)16(3,14)15/h9-13H,4-8H2,1-3H3. The summed E-state index contributed by atoms with van der Waals surface area (Å²) in [5, 5.41) is 9.21. The average molecular weight is 248 g/mol. The third kappa shape index (κ3) is 4.06. The maximum atomic E-state index is 11.5. The Bertz CT molecular complexity index is 308. The monoisotopic (exact) mass is 248 g/mol. The third-order valence-corrected chi connectivity index (χ3v) is 5.43. The van der Waals surface area contributed by atoms with Gasteiger partial charge in [0.1, 0.15) is 9.84 Å². The second-order valence-corrected chi connectivity index (χ2v) is 7.77. The Morgan fingerprint density at radius 3 is 2.44 bits per heavy atom. The van der Waals surface area contributed by atoms with Crippen LogP contribution in [0.4, 0.5) is 0 Å². The van der Waals surface area contributed by atoms with E-state index >= 15 is 0 Å². The molecule has 1 aliphatic carbocycles. The molecule has 16 heavy (non-hydrogen) atoms. The van der Waals surface area contributed by atoms with Crippen molar-refractivity contribution in [3.8, 4) is 0 Å². The summed E-state index contributed by atoms with van der Waals surface area (Å²) in [6, 6.07) is 0. The van der Waals surface area contributed by atoms with Crippen LogP contribution in [-0.2, 0) is 9.84 Å². The molecule has 0 amide bonds. The van der Waals surface area contributed by atoms with Crippen molar-refractivity contribution in [3.05, 3.63) is 0 Å². The lowest BCUT2D eigenvalue weighted by atomic mass is 9.78. The molecule has 4 unspecified atom stereocenters. The molecule has 0 heterocycles. The Hall–Kier alpha value is -0.0900. The van der Waals surface area contributed by atoms with Gasteiger partial charge in [0.2, 0.25) is 0 Å². The molecule has 1 N–H and O–H groups in total. The van der Waals surface area contributed by atoms with Crippen molar-refractivity contribution < 1.29 is 13.5 Å². The van der Waals surface area contributed by atoms with E-state index in [1.54, 1.807) is 6.92 Å². The zero-order valence-electron chi connectivity index (χ0n) is 10.5. The van der Waals surface area contributed by atoms with Gasteiger partial charge < -0.3 is 5.11 Å². The minimum Gasteiger partial charge on any atom is -0.393 e. The summed E-state index contributed by atoms with van der Waals surface area (Å²) < 4.78 is 23.1. The summed E-state index contributed by atoms with van der Waals surface area (Å²) in [4.78, 5) is 0. The van der Waals surface area contributed by atoms with Gasteiger partial charge >= 0.3 is 0 Å². The number of hydrogen-bond donors (Lipinski definition) is 1. The first-order valence-corrected chi connectivity index (χ1v) is 8.13. The summed E-state index contributed by atoms with van der Waals surface area (Å²) in [6.07, 6.45) is 5.56. The van der Waals surface area contributed by atoms with Crippen molar-refractivity contribution in [2.45, 2.75) is 57.3 Å². The van der Waals surface area contributed by atoms with Crippen LogP contribution in [0.5, 0.6) is 0 Å². The van der Waals surface area contributed by atoms with E-state index in [1.165, 1.54) is 6.26 Å². The quantitative estimate of drug-likeness (QED) is 0.828. The van der Waals surface area contributed by atoms with Gasteiger partial charge in [-0.05, 0) is 38.0 Å². The van der Waals surface area contributed by atoms with E-state index in [0.717, 1.165) is 32.1 Å². The molecule has 0 aliphatic heterocycles. The van der Waals surface area contributed by atoms with E-state index in [1.807, 2.05) is 0 Å². The van der Waals surface area contributed by atoms with Crippen LogP contribution < -0.4 is 0 Å². The lowest BCUT2D eigenvalue weighted by Gasteiger charge is -2.32. The lowest BCUT2D eigenvalue weighted by molar-refractivity contribution is 0.134. The van der Waals surface area contributed by atoms with E-state index in [-0.39, 0.29) is 11.4 Å². The molecule has 1 fully saturated rings. The highest BCUT2D eigenvalue weighted by Gasteiger charge is 2.31. The molecule has 0 aromatic carbocycles. The van der Waals surface area contributed by atoms with Crippen LogP contribution in [0.2, 0.25) is 0 Å². The molecule has 0 bridgehead atoms. The number of rotatable bonds is 4. The molecule has 1 saturated carbocycles. The predicted octanol–water partition coefficient (Wildman–Crippen LogP) is 2.00. The highest BCUT2D eigenvalue weighted by atomic mass is 32.2. The fourth-order valence-corrected chi connectivity index (χ4v) is 4.01. The molecule has 0 spiro atoms. The molecule has 1 rings (SSSR count). The highest BCUT2D eigenvalue weighted by molar-refractivity contribution is 7.91. The van der Waals surface area contributed by atoms with Gasteiger partial charge in [-0.25, -0.2) is 8.42 Å². The number of hydrogen-bond acceptors (Lipinski definition) is 3. The van der Waals surface area contributed by atoms with Crippen LogP contribution in [-0.4, -0.2) is 31.1 Å². The van der Waals surface area contributed by atoms with Gasteiger partial charge in [0.05, 0.1) is 11.4 Å². The summed E-state index contributed by atoms with van der Waals surface area (Å²) in [5.74, 6) is 0.882. The maximum absolute atomic E-state index is 11.5. The fourth-order valence-electron chi connectivity index (χ4n) is 2.82. The average Bonchev–Trinajstić information content (AvgIpc) is 2.15. The first kappa shape index (κ1) is 14.0. The zero-order valence-corrected chi connectivity index (χ0v) is 11.3. The van der Waals surface area contributed by atoms with Gasteiger partial charge in [-0.3, -0.25) is 0 Å². The minimum absolute atomic E-state index is 0.150. The molecule has 0 saturated heterocycles. The van der Waals surface area contributed by atoms with Crippen LogP contribution in [0.15, 0.2) is 0 Å². The van der Waals surface area contributed by atoms with Crippen molar-refractivity contribution in [1.29, 1.82) is 0 Å². The van der Waals surface area contributed by atoms with E-state index in [2.05, 4.69) is 6.92 Å². The van der Waals surface area contributed by atoms with Crippen molar-refractivity contribution >= 4 is 9.84 Å². The molecule has 4 heteroatoms. The molecule has 96 valence electrons. The second kappa shape index (κ2) is 5.50. The van der Waals surface area contributed by atoms with Crippen LogP contribution in [0, 0.1) is 11.8 Å². The molecule has 0 radical (unpaired) electrons. The summed E-state index contributed by atoms with van der Waals surface area (Å²) >= 11 is 0. The first-order valence-electron chi connectivity index (χ1n) is 6.17. The zero-order chi connectivity index (χ0) is 12.3. The van der Waals surface area contributed by atoms with Gasteiger partial charge in [0, 0.05) is 6.26 Å². The molecular weight excluding hydrogens is 224 g/mol. The lowest BCUT2D eigenvalue weighted by Crippen LogP contribution is -2.31. The molecule has 3 nitrogen and oxygen atoms in total. The number of aliphatic hydroxyl groups is 1. The van der Waals surface area contributed by atoms with Gasteiger partial charge in [0.25, 0.3) is 0 Å². The summed E-state index contributed by atoms with van der Waals surface area (Å²) in [7, 11) is -2.88. The van der Waals surface area contributed by atoms with Crippen molar-refractivity contribution in [3.63, 3.8) is 0 Å². The maximum Gasteiger partial charge on any atom is 0.150 e.